The van der Waals surface area contributed by atoms with Crippen LogP contribution in [0.25, 0.3) is 0 Å². The van der Waals surface area contributed by atoms with Gasteiger partial charge in [-0.25, -0.2) is 4.79 Å². The number of nitrogens with zero attached hydrogens (tertiary/aromatic N) is 1. The minimum absolute atomic E-state index is 0.111. The van der Waals surface area contributed by atoms with Gasteiger partial charge >= 0.3 is 6.09 Å². The Morgan fingerprint density at radius 1 is 1.25 bits per heavy atom. The Balaban J connectivity index is 1.83. The minimum Gasteiger partial charge on any atom is -0.444 e. The lowest BCUT2D eigenvalue weighted by Crippen LogP contribution is -2.70. The number of hydrogen-bond donors (Lipinski definition) is 2. The van der Waals surface area contributed by atoms with Crippen molar-refractivity contribution in [1.82, 2.24) is 10.2 Å². The number of carbonyl (C=O) groups excluding carboxylic acids is 2. The summed E-state index contributed by atoms with van der Waals surface area (Å²) in [7, 11) is 0. The Labute approximate surface area is 164 Å². The first-order valence-electron chi connectivity index (χ1n) is 9.42. The molecule has 2 saturated heterocycles. The highest BCUT2D eigenvalue weighted by Crippen LogP contribution is 2.34. The fourth-order valence-corrected chi connectivity index (χ4v) is 3.52. The van der Waals surface area contributed by atoms with E-state index in [1.165, 1.54) is 11.8 Å². The van der Waals surface area contributed by atoms with E-state index in [0.29, 0.717) is 0 Å². The van der Waals surface area contributed by atoms with Gasteiger partial charge in [-0.15, -0.1) is 0 Å². The van der Waals surface area contributed by atoms with Crippen LogP contribution in [0, 0.1) is 0 Å². The van der Waals surface area contributed by atoms with Crippen molar-refractivity contribution in [1.29, 1.82) is 0 Å². The monoisotopic (exact) mass is 392 g/mol. The standard InChI is InChI=1S/C20H28N2O6/c1-12(23)21-14-10-22(19(25)28-20(2,3)4)15-11-26-18(27-17(15)16(14)24)13-8-6-5-7-9-13/h5-9,14-18,24H,10-11H2,1-4H3,(H,21,23)/t14-,15+,16+,17+,18+/m0/s1. The molecule has 0 spiro atoms. The number of amides is 2. The van der Waals surface area contributed by atoms with Crippen molar-refractivity contribution < 1.29 is 28.9 Å². The third kappa shape index (κ3) is 4.63. The fourth-order valence-electron chi connectivity index (χ4n) is 3.52. The van der Waals surface area contributed by atoms with Crippen molar-refractivity contribution in [3.8, 4) is 0 Å². The molecule has 2 fully saturated rings. The molecule has 2 amide bonds. The van der Waals surface area contributed by atoms with E-state index in [9.17, 15) is 14.7 Å². The van der Waals surface area contributed by atoms with Crippen LogP contribution in [-0.2, 0) is 19.0 Å². The predicted octanol–water partition coefficient (Wildman–Crippen LogP) is 1.59. The number of ether oxygens (including phenoxy) is 3. The zero-order valence-electron chi connectivity index (χ0n) is 16.6. The minimum atomic E-state index is -0.984. The molecular weight excluding hydrogens is 364 g/mol. The summed E-state index contributed by atoms with van der Waals surface area (Å²) in [6.07, 6.45) is -2.90. The van der Waals surface area contributed by atoms with Crippen LogP contribution in [-0.4, -0.2) is 65.1 Å². The van der Waals surface area contributed by atoms with E-state index < -0.39 is 42.3 Å². The normalized spacial score (nSPS) is 30.3. The molecule has 2 aliphatic heterocycles. The van der Waals surface area contributed by atoms with Crippen LogP contribution in [0.5, 0.6) is 0 Å². The van der Waals surface area contributed by atoms with E-state index in [0.717, 1.165) is 5.56 Å². The topological polar surface area (TPSA) is 97.3 Å². The summed E-state index contributed by atoms with van der Waals surface area (Å²) in [6.45, 7) is 7.02. The number of aliphatic hydroxyl groups excluding tert-OH is 1. The first-order chi connectivity index (χ1) is 13.2. The lowest BCUT2D eigenvalue weighted by Gasteiger charge is -2.50. The lowest BCUT2D eigenvalue weighted by atomic mass is 9.91. The third-order valence-corrected chi connectivity index (χ3v) is 4.71. The summed E-state index contributed by atoms with van der Waals surface area (Å²) in [5.74, 6) is -0.293. The largest absolute Gasteiger partial charge is 0.444 e. The number of fused-ring (bicyclic) bond motifs is 1. The molecule has 2 heterocycles. The lowest BCUT2D eigenvalue weighted by molar-refractivity contribution is -0.274. The van der Waals surface area contributed by atoms with E-state index in [2.05, 4.69) is 5.32 Å². The number of piperidine rings is 1. The molecule has 0 aliphatic carbocycles. The molecule has 0 saturated carbocycles. The number of nitrogens with one attached hydrogen (secondary N) is 1. The van der Waals surface area contributed by atoms with Crippen LogP contribution in [0.2, 0.25) is 0 Å². The van der Waals surface area contributed by atoms with Crippen LogP contribution >= 0.6 is 0 Å². The van der Waals surface area contributed by atoms with Crippen molar-refractivity contribution in [3.63, 3.8) is 0 Å². The average molecular weight is 392 g/mol. The molecule has 8 nitrogen and oxygen atoms in total. The maximum Gasteiger partial charge on any atom is 0.410 e. The molecule has 2 aliphatic rings. The zero-order chi connectivity index (χ0) is 20.5. The molecule has 0 radical (unpaired) electrons. The van der Waals surface area contributed by atoms with Crippen molar-refractivity contribution in [2.24, 2.45) is 0 Å². The second-order valence-corrected chi connectivity index (χ2v) is 8.17. The molecule has 0 aromatic heterocycles. The van der Waals surface area contributed by atoms with Gasteiger partial charge in [0.25, 0.3) is 0 Å². The number of likely N-dealkylation sites (tertiary alicyclic amines) is 1. The van der Waals surface area contributed by atoms with Gasteiger partial charge in [-0.05, 0) is 20.8 Å². The molecule has 1 aromatic carbocycles. The summed E-state index contributed by atoms with van der Waals surface area (Å²) < 4.78 is 17.4. The Kier molecular flexibility index (Phi) is 5.92. The number of rotatable bonds is 2. The number of carbonyl (C=O) groups is 2. The van der Waals surface area contributed by atoms with Gasteiger partial charge in [0, 0.05) is 19.0 Å². The second-order valence-electron chi connectivity index (χ2n) is 8.17. The van der Waals surface area contributed by atoms with Gasteiger partial charge in [0.1, 0.15) is 17.8 Å². The maximum absolute atomic E-state index is 12.8. The van der Waals surface area contributed by atoms with Gasteiger partial charge in [0.15, 0.2) is 6.29 Å². The molecule has 3 rings (SSSR count). The third-order valence-electron chi connectivity index (χ3n) is 4.71. The Morgan fingerprint density at radius 3 is 2.54 bits per heavy atom. The van der Waals surface area contributed by atoms with Crippen LogP contribution in [0.1, 0.15) is 39.5 Å². The van der Waals surface area contributed by atoms with Crippen molar-refractivity contribution in [2.75, 3.05) is 13.2 Å². The van der Waals surface area contributed by atoms with Crippen LogP contribution in [0.15, 0.2) is 30.3 Å². The molecule has 1 aromatic rings. The van der Waals surface area contributed by atoms with Gasteiger partial charge in [0.2, 0.25) is 5.91 Å². The molecule has 8 heteroatoms. The quantitative estimate of drug-likeness (QED) is 0.793. The van der Waals surface area contributed by atoms with E-state index in [-0.39, 0.29) is 19.1 Å². The predicted molar refractivity (Wildman–Crippen MR) is 100 cm³/mol. The van der Waals surface area contributed by atoms with E-state index in [1.54, 1.807) is 20.8 Å². The van der Waals surface area contributed by atoms with Crippen molar-refractivity contribution >= 4 is 12.0 Å². The Morgan fingerprint density at radius 2 is 1.93 bits per heavy atom. The van der Waals surface area contributed by atoms with Gasteiger partial charge in [-0.3, -0.25) is 9.69 Å². The fraction of sp³-hybridized carbons (Fsp3) is 0.600. The molecule has 154 valence electrons. The molecular formula is C20H28N2O6. The zero-order valence-corrected chi connectivity index (χ0v) is 16.6. The molecule has 5 atom stereocenters. The maximum atomic E-state index is 12.8. The second kappa shape index (κ2) is 8.06. The first kappa shape index (κ1) is 20.6. The summed E-state index contributed by atoms with van der Waals surface area (Å²) in [5, 5.41) is 13.5. The Bertz CT molecular complexity index is 704. The highest BCUT2D eigenvalue weighted by Gasteiger charge is 2.50. The van der Waals surface area contributed by atoms with Crippen LogP contribution in [0.4, 0.5) is 4.79 Å². The molecule has 0 unspecified atom stereocenters. The summed E-state index contributed by atoms with van der Waals surface area (Å²) in [6, 6.07) is 8.20. The highest BCUT2D eigenvalue weighted by molar-refractivity contribution is 5.74. The summed E-state index contributed by atoms with van der Waals surface area (Å²) in [5.41, 5.74) is 0.147. The van der Waals surface area contributed by atoms with E-state index >= 15 is 0 Å². The smallest absolute Gasteiger partial charge is 0.410 e. The van der Waals surface area contributed by atoms with Gasteiger partial charge in [0.05, 0.1) is 18.7 Å². The average Bonchev–Trinajstić information content (AvgIpc) is 2.62. The van der Waals surface area contributed by atoms with Crippen LogP contribution < -0.4 is 5.32 Å². The SMILES string of the molecule is CC(=O)N[C@H]1CN(C(=O)OC(C)(C)C)[C@@H]2CO[C@@H](c3ccccc3)O[C@H]2[C@@H]1O. The summed E-state index contributed by atoms with van der Waals surface area (Å²) in [4.78, 5) is 25.8. The van der Waals surface area contributed by atoms with Gasteiger partial charge in [-0.2, -0.15) is 0 Å². The number of hydrogen-bond acceptors (Lipinski definition) is 6. The highest BCUT2D eigenvalue weighted by atomic mass is 16.7. The molecule has 28 heavy (non-hydrogen) atoms. The number of benzene rings is 1. The van der Waals surface area contributed by atoms with Gasteiger partial charge in [-0.1, -0.05) is 30.3 Å². The van der Waals surface area contributed by atoms with Crippen LogP contribution in [0.3, 0.4) is 0 Å². The Hall–Kier alpha value is -2.16. The van der Waals surface area contributed by atoms with E-state index in [1.807, 2.05) is 30.3 Å². The number of aliphatic hydroxyl groups is 1. The van der Waals surface area contributed by atoms with Crippen molar-refractivity contribution in [2.45, 2.75) is 63.9 Å². The van der Waals surface area contributed by atoms with Gasteiger partial charge < -0.3 is 24.6 Å². The van der Waals surface area contributed by atoms with Crippen molar-refractivity contribution in [3.05, 3.63) is 35.9 Å². The first-order valence-corrected chi connectivity index (χ1v) is 9.42. The summed E-state index contributed by atoms with van der Waals surface area (Å²) >= 11 is 0. The molecule has 0 bridgehead atoms. The van der Waals surface area contributed by atoms with E-state index in [4.69, 9.17) is 14.2 Å². The molecule has 2 N–H and O–H groups in total.